The van der Waals surface area contributed by atoms with E-state index in [0.717, 1.165) is 25.1 Å². The van der Waals surface area contributed by atoms with Gasteiger partial charge in [-0.1, -0.05) is 0 Å². The zero-order valence-electron chi connectivity index (χ0n) is 12.6. The topological polar surface area (TPSA) is 69.0 Å². The van der Waals surface area contributed by atoms with Gasteiger partial charge in [0.1, 0.15) is 12.2 Å². The third kappa shape index (κ3) is 3.01. The lowest BCUT2D eigenvalue weighted by Gasteiger charge is -2.17. The number of aryl methyl sites for hydroxylation is 2. The average Bonchev–Trinajstić information content (AvgIpc) is 2.90. The number of carbonyl (C=O) groups excluding carboxylic acids is 1. The molecule has 3 rings (SSSR count). The molecule has 1 atom stereocenters. The maximum atomic E-state index is 14.1. The monoisotopic (exact) mass is 322 g/mol. The molecule has 0 bridgehead atoms. The number of hydrogen-bond donors (Lipinski definition) is 1. The molecule has 2 aromatic rings. The van der Waals surface area contributed by atoms with Crippen molar-refractivity contribution in [2.24, 2.45) is 0 Å². The number of fused-ring (bicyclic) bond motifs is 1. The van der Waals surface area contributed by atoms with E-state index < -0.39 is 23.3 Å². The van der Waals surface area contributed by atoms with Crippen LogP contribution in [0.15, 0.2) is 18.5 Å². The van der Waals surface area contributed by atoms with Crippen molar-refractivity contribution in [3.05, 3.63) is 41.5 Å². The molecule has 0 saturated heterocycles. The lowest BCUT2D eigenvalue weighted by Crippen LogP contribution is -2.35. The van der Waals surface area contributed by atoms with Crippen molar-refractivity contribution in [1.29, 1.82) is 0 Å². The number of nitrogens with zero attached hydrogens (tertiary/aromatic N) is 3. The number of nitrogens with one attached hydrogen (secondary N) is 1. The van der Waals surface area contributed by atoms with Crippen molar-refractivity contribution in [2.45, 2.75) is 31.8 Å². The SMILES string of the molecule is COc1c(F)ccc(C(=O)NC2CCc3nncn3CC2)c1F. The molecule has 0 spiro atoms. The van der Waals surface area contributed by atoms with Crippen molar-refractivity contribution in [2.75, 3.05) is 7.11 Å². The molecule has 23 heavy (non-hydrogen) atoms. The predicted octanol–water partition coefficient (Wildman–Crippen LogP) is 1.70. The minimum absolute atomic E-state index is 0.111. The number of hydrogen-bond acceptors (Lipinski definition) is 4. The Morgan fingerprint density at radius 1 is 1.39 bits per heavy atom. The summed E-state index contributed by atoms with van der Waals surface area (Å²) in [5.74, 6) is -2.09. The van der Waals surface area contributed by atoms with Crippen molar-refractivity contribution in [1.82, 2.24) is 20.1 Å². The normalized spacial score (nSPS) is 17.3. The Kier molecular flexibility index (Phi) is 4.22. The molecule has 0 saturated carbocycles. The van der Waals surface area contributed by atoms with E-state index in [1.54, 1.807) is 6.33 Å². The number of carbonyl (C=O) groups is 1. The first kappa shape index (κ1) is 15.4. The summed E-state index contributed by atoms with van der Waals surface area (Å²) in [7, 11) is 1.16. The molecule has 1 aliphatic heterocycles. The molecule has 1 aliphatic rings. The van der Waals surface area contributed by atoms with Gasteiger partial charge in [-0.05, 0) is 25.0 Å². The van der Waals surface area contributed by atoms with E-state index in [1.807, 2.05) is 4.57 Å². The average molecular weight is 322 g/mol. The van der Waals surface area contributed by atoms with Crippen molar-refractivity contribution in [3.63, 3.8) is 0 Å². The molecule has 2 heterocycles. The number of aromatic nitrogens is 3. The van der Waals surface area contributed by atoms with Gasteiger partial charge in [-0.25, -0.2) is 8.78 Å². The molecule has 122 valence electrons. The highest BCUT2D eigenvalue weighted by Gasteiger charge is 2.23. The van der Waals surface area contributed by atoms with Gasteiger partial charge in [-0.2, -0.15) is 0 Å². The van der Waals surface area contributed by atoms with Crippen LogP contribution in [-0.4, -0.2) is 33.8 Å². The van der Waals surface area contributed by atoms with E-state index in [-0.39, 0.29) is 11.6 Å². The second-order valence-corrected chi connectivity index (χ2v) is 5.38. The molecule has 0 radical (unpaired) electrons. The molecule has 1 aromatic heterocycles. The van der Waals surface area contributed by atoms with Crippen LogP contribution in [-0.2, 0) is 13.0 Å². The molecular formula is C15H16F2N4O2. The fourth-order valence-electron chi connectivity index (χ4n) is 2.70. The van der Waals surface area contributed by atoms with Gasteiger partial charge < -0.3 is 14.6 Å². The zero-order chi connectivity index (χ0) is 16.4. The Hall–Kier alpha value is -2.51. The Labute approximate surface area is 131 Å². The molecule has 1 unspecified atom stereocenters. The maximum Gasteiger partial charge on any atom is 0.254 e. The van der Waals surface area contributed by atoms with Gasteiger partial charge in [0, 0.05) is 19.0 Å². The Balaban J connectivity index is 1.71. The Bertz CT molecular complexity index is 710. The molecule has 0 aliphatic carbocycles. The van der Waals surface area contributed by atoms with Gasteiger partial charge in [-0.15, -0.1) is 10.2 Å². The van der Waals surface area contributed by atoms with Crippen molar-refractivity contribution < 1.29 is 18.3 Å². The van der Waals surface area contributed by atoms with E-state index in [0.29, 0.717) is 25.8 Å². The summed E-state index contributed by atoms with van der Waals surface area (Å²) in [6, 6.07) is 2.03. The fourth-order valence-corrected chi connectivity index (χ4v) is 2.70. The highest BCUT2D eigenvalue weighted by Crippen LogP contribution is 2.24. The first-order valence-corrected chi connectivity index (χ1v) is 7.29. The third-order valence-corrected chi connectivity index (χ3v) is 3.96. The summed E-state index contributed by atoms with van der Waals surface area (Å²) < 4.78 is 34.1. The number of benzene rings is 1. The largest absolute Gasteiger partial charge is 0.491 e. The summed E-state index contributed by atoms with van der Waals surface area (Å²) in [6.45, 7) is 0.683. The minimum atomic E-state index is -0.990. The van der Waals surface area contributed by atoms with E-state index in [2.05, 4.69) is 20.3 Å². The molecule has 1 N–H and O–H groups in total. The Morgan fingerprint density at radius 3 is 3.00 bits per heavy atom. The highest BCUT2D eigenvalue weighted by molar-refractivity contribution is 5.95. The van der Waals surface area contributed by atoms with Gasteiger partial charge in [0.05, 0.1) is 12.7 Å². The van der Waals surface area contributed by atoms with E-state index in [9.17, 15) is 13.6 Å². The Morgan fingerprint density at radius 2 is 2.22 bits per heavy atom. The maximum absolute atomic E-state index is 14.1. The minimum Gasteiger partial charge on any atom is -0.491 e. The van der Waals surface area contributed by atoms with Gasteiger partial charge in [0.15, 0.2) is 17.4 Å². The molecule has 1 aromatic carbocycles. The van der Waals surface area contributed by atoms with Crippen molar-refractivity contribution in [3.8, 4) is 5.75 Å². The summed E-state index contributed by atoms with van der Waals surface area (Å²) in [5, 5.41) is 10.7. The second-order valence-electron chi connectivity index (χ2n) is 5.38. The first-order valence-electron chi connectivity index (χ1n) is 7.29. The standard InChI is InChI=1S/C15H16F2N4O2/c1-23-14-11(16)4-3-10(13(14)17)15(22)19-9-2-5-12-20-18-8-21(12)7-6-9/h3-4,8-9H,2,5-7H2,1H3,(H,19,22). The quantitative estimate of drug-likeness (QED) is 0.934. The number of rotatable bonds is 3. The van der Waals surface area contributed by atoms with Crippen LogP contribution in [0.25, 0.3) is 0 Å². The van der Waals surface area contributed by atoms with Crippen LogP contribution >= 0.6 is 0 Å². The van der Waals surface area contributed by atoms with Crippen LogP contribution < -0.4 is 10.1 Å². The van der Waals surface area contributed by atoms with E-state index in [1.165, 1.54) is 0 Å². The lowest BCUT2D eigenvalue weighted by molar-refractivity contribution is 0.0928. The molecular weight excluding hydrogens is 306 g/mol. The predicted molar refractivity (Wildman–Crippen MR) is 77.1 cm³/mol. The second kappa shape index (κ2) is 6.31. The zero-order valence-corrected chi connectivity index (χ0v) is 12.6. The summed E-state index contributed by atoms with van der Waals surface area (Å²) in [5.41, 5.74) is -0.230. The first-order chi connectivity index (χ1) is 11.1. The smallest absolute Gasteiger partial charge is 0.254 e. The summed E-state index contributed by atoms with van der Waals surface area (Å²) in [6.07, 6.45) is 3.71. The number of halogens is 2. The van der Waals surface area contributed by atoms with Gasteiger partial charge >= 0.3 is 0 Å². The van der Waals surface area contributed by atoms with Crippen molar-refractivity contribution >= 4 is 5.91 Å². The van der Waals surface area contributed by atoms with Gasteiger partial charge in [0.2, 0.25) is 0 Å². The van der Waals surface area contributed by atoms with Crippen LogP contribution in [0.3, 0.4) is 0 Å². The summed E-state index contributed by atoms with van der Waals surface area (Å²) >= 11 is 0. The van der Waals surface area contributed by atoms with Crippen LogP contribution in [0.5, 0.6) is 5.75 Å². The van der Waals surface area contributed by atoms with E-state index in [4.69, 9.17) is 0 Å². The van der Waals surface area contributed by atoms with Crippen LogP contribution in [0.1, 0.15) is 29.0 Å². The number of ether oxygens (including phenoxy) is 1. The van der Waals surface area contributed by atoms with Crippen LogP contribution in [0.2, 0.25) is 0 Å². The van der Waals surface area contributed by atoms with Gasteiger partial charge in [-0.3, -0.25) is 4.79 Å². The molecule has 6 nitrogen and oxygen atoms in total. The number of methoxy groups -OCH3 is 1. The van der Waals surface area contributed by atoms with Crippen LogP contribution in [0.4, 0.5) is 8.78 Å². The third-order valence-electron chi connectivity index (χ3n) is 3.96. The number of amides is 1. The fraction of sp³-hybridized carbons (Fsp3) is 0.400. The van der Waals surface area contributed by atoms with Crippen LogP contribution in [0, 0.1) is 11.6 Å². The molecule has 1 amide bonds. The lowest BCUT2D eigenvalue weighted by atomic mass is 10.1. The van der Waals surface area contributed by atoms with Gasteiger partial charge in [0.25, 0.3) is 5.91 Å². The highest BCUT2D eigenvalue weighted by atomic mass is 19.1. The molecule has 8 heteroatoms. The van der Waals surface area contributed by atoms with E-state index >= 15 is 0 Å². The molecule has 0 fully saturated rings. The summed E-state index contributed by atoms with van der Waals surface area (Å²) in [4.78, 5) is 12.3.